The third-order valence-corrected chi connectivity index (χ3v) is 3.26. The van der Waals surface area contributed by atoms with Gasteiger partial charge in [-0.05, 0) is 35.9 Å². The molecule has 0 unspecified atom stereocenters. The first-order valence-electron chi connectivity index (χ1n) is 6.74. The number of hydrogen-bond donors (Lipinski definition) is 1. The predicted molar refractivity (Wildman–Crippen MR) is 81.1 cm³/mol. The van der Waals surface area contributed by atoms with Gasteiger partial charge in [0.25, 0.3) is 5.91 Å². The Labute approximate surface area is 126 Å². The summed E-state index contributed by atoms with van der Waals surface area (Å²) in [7, 11) is 0. The SMILES string of the molecule is O=C(NF)c1cccc(OCc2ccc3cccnc3c2)c1. The minimum atomic E-state index is -0.791. The first-order valence-corrected chi connectivity index (χ1v) is 6.74. The van der Waals surface area contributed by atoms with Crippen LogP contribution >= 0.6 is 0 Å². The van der Waals surface area contributed by atoms with Crippen molar-refractivity contribution in [1.29, 1.82) is 0 Å². The molecular formula is C17H13FN2O2. The van der Waals surface area contributed by atoms with E-state index < -0.39 is 5.91 Å². The Bertz CT molecular complexity index is 820. The highest BCUT2D eigenvalue weighted by atomic mass is 19.2. The summed E-state index contributed by atoms with van der Waals surface area (Å²) in [5.41, 5.74) is 3.17. The van der Waals surface area contributed by atoms with Gasteiger partial charge in [-0.3, -0.25) is 9.78 Å². The number of nitrogens with one attached hydrogen (secondary N) is 1. The van der Waals surface area contributed by atoms with E-state index in [0.717, 1.165) is 22.0 Å². The van der Waals surface area contributed by atoms with E-state index in [4.69, 9.17) is 4.74 Å². The fourth-order valence-corrected chi connectivity index (χ4v) is 2.15. The molecule has 0 atom stereocenters. The van der Waals surface area contributed by atoms with Crippen molar-refractivity contribution in [3.8, 4) is 5.75 Å². The Balaban J connectivity index is 1.75. The van der Waals surface area contributed by atoms with Gasteiger partial charge in [0.05, 0.1) is 5.52 Å². The van der Waals surface area contributed by atoms with Gasteiger partial charge in [-0.2, -0.15) is 5.54 Å². The minimum absolute atomic E-state index is 0.208. The molecule has 1 heterocycles. The standard InChI is InChI=1S/C17H13FN2O2/c18-20-17(21)14-3-1-5-15(10-14)22-11-12-6-7-13-4-2-8-19-16(13)9-12/h1-10H,11H2,(H,20,21). The lowest BCUT2D eigenvalue weighted by atomic mass is 10.1. The van der Waals surface area contributed by atoms with Crippen molar-refractivity contribution in [1.82, 2.24) is 10.5 Å². The van der Waals surface area contributed by atoms with Crippen LogP contribution in [0.2, 0.25) is 0 Å². The zero-order valence-electron chi connectivity index (χ0n) is 11.6. The summed E-state index contributed by atoms with van der Waals surface area (Å²) >= 11 is 0. The number of halogens is 1. The molecule has 0 saturated carbocycles. The second kappa shape index (κ2) is 6.22. The van der Waals surface area contributed by atoms with Crippen molar-refractivity contribution in [2.75, 3.05) is 0 Å². The van der Waals surface area contributed by atoms with Crippen LogP contribution in [0.3, 0.4) is 0 Å². The number of benzene rings is 2. The van der Waals surface area contributed by atoms with Crippen LogP contribution in [0, 0.1) is 0 Å². The number of fused-ring (bicyclic) bond motifs is 1. The van der Waals surface area contributed by atoms with E-state index in [9.17, 15) is 9.28 Å². The van der Waals surface area contributed by atoms with E-state index in [1.54, 1.807) is 18.3 Å². The molecule has 0 aliphatic carbocycles. The predicted octanol–water partition coefficient (Wildman–Crippen LogP) is 3.43. The van der Waals surface area contributed by atoms with Crippen LogP contribution in [0.15, 0.2) is 60.8 Å². The second-order valence-corrected chi connectivity index (χ2v) is 4.77. The van der Waals surface area contributed by atoms with Crippen LogP contribution in [0.25, 0.3) is 10.9 Å². The molecule has 4 nitrogen and oxygen atoms in total. The molecule has 3 rings (SSSR count). The van der Waals surface area contributed by atoms with Gasteiger partial charge in [0.1, 0.15) is 12.4 Å². The smallest absolute Gasteiger partial charge is 0.279 e. The monoisotopic (exact) mass is 296 g/mol. The summed E-state index contributed by atoms with van der Waals surface area (Å²) in [5, 5.41) is 1.06. The highest BCUT2D eigenvalue weighted by molar-refractivity contribution is 5.93. The summed E-state index contributed by atoms with van der Waals surface area (Å²) in [6.07, 6.45) is 1.74. The molecule has 1 N–H and O–H groups in total. The molecule has 5 heteroatoms. The molecule has 0 fully saturated rings. The largest absolute Gasteiger partial charge is 0.489 e. The van der Waals surface area contributed by atoms with E-state index in [-0.39, 0.29) is 5.56 Å². The molecule has 110 valence electrons. The maximum Gasteiger partial charge on any atom is 0.279 e. The Hall–Kier alpha value is -2.95. The van der Waals surface area contributed by atoms with Crippen molar-refractivity contribution in [2.45, 2.75) is 6.61 Å². The van der Waals surface area contributed by atoms with Crippen LogP contribution < -0.4 is 10.3 Å². The normalized spacial score (nSPS) is 10.4. The van der Waals surface area contributed by atoms with E-state index in [1.165, 1.54) is 12.1 Å². The van der Waals surface area contributed by atoms with Gasteiger partial charge < -0.3 is 4.74 Å². The van der Waals surface area contributed by atoms with Crippen molar-refractivity contribution in [3.63, 3.8) is 0 Å². The van der Waals surface area contributed by atoms with Gasteiger partial charge in [-0.15, -0.1) is 0 Å². The van der Waals surface area contributed by atoms with Crippen molar-refractivity contribution in [2.24, 2.45) is 0 Å². The Morgan fingerprint density at radius 1 is 1.14 bits per heavy atom. The van der Waals surface area contributed by atoms with Crippen molar-refractivity contribution in [3.05, 3.63) is 71.9 Å². The summed E-state index contributed by atoms with van der Waals surface area (Å²) in [5.74, 6) is -0.289. The van der Waals surface area contributed by atoms with E-state index >= 15 is 0 Å². The Kier molecular flexibility index (Phi) is 3.96. The minimum Gasteiger partial charge on any atom is -0.489 e. The van der Waals surface area contributed by atoms with Crippen LogP contribution in [0.4, 0.5) is 4.48 Å². The quantitative estimate of drug-likeness (QED) is 0.750. The van der Waals surface area contributed by atoms with Gasteiger partial charge in [0.15, 0.2) is 0 Å². The third-order valence-electron chi connectivity index (χ3n) is 3.26. The number of carbonyl (C=O) groups is 1. The summed E-state index contributed by atoms with van der Waals surface area (Å²) in [6.45, 7) is 0.340. The maximum absolute atomic E-state index is 12.2. The molecule has 22 heavy (non-hydrogen) atoms. The molecule has 2 aromatic carbocycles. The highest BCUT2D eigenvalue weighted by Gasteiger charge is 2.06. The number of hydrogen-bond acceptors (Lipinski definition) is 3. The molecule has 3 aromatic rings. The number of carbonyl (C=O) groups excluding carboxylic acids is 1. The number of nitrogens with zero attached hydrogens (tertiary/aromatic N) is 1. The van der Waals surface area contributed by atoms with Crippen LogP contribution in [0.5, 0.6) is 5.75 Å². The molecule has 1 aromatic heterocycles. The molecule has 1 amide bonds. The average molecular weight is 296 g/mol. The lowest BCUT2D eigenvalue weighted by molar-refractivity contribution is 0.0859. The number of aromatic nitrogens is 1. The second-order valence-electron chi connectivity index (χ2n) is 4.77. The van der Waals surface area contributed by atoms with E-state index in [2.05, 4.69) is 4.98 Å². The first-order chi connectivity index (χ1) is 10.8. The average Bonchev–Trinajstić information content (AvgIpc) is 2.59. The highest BCUT2D eigenvalue weighted by Crippen LogP contribution is 2.17. The van der Waals surface area contributed by atoms with Crippen molar-refractivity contribution >= 4 is 16.8 Å². The number of ether oxygens (including phenoxy) is 1. The van der Waals surface area contributed by atoms with Crippen molar-refractivity contribution < 1.29 is 14.0 Å². The fraction of sp³-hybridized carbons (Fsp3) is 0.0588. The number of rotatable bonds is 4. The lowest BCUT2D eigenvalue weighted by Gasteiger charge is -2.08. The Morgan fingerprint density at radius 2 is 2.05 bits per heavy atom. The third kappa shape index (κ3) is 3.03. The molecule has 0 bridgehead atoms. The van der Waals surface area contributed by atoms with Gasteiger partial charge in [0, 0.05) is 17.1 Å². The number of amides is 1. The van der Waals surface area contributed by atoms with Crippen LogP contribution in [-0.2, 0) is 6.61 Å². The van der Waals surface area contributed by atoms with Crippen LogP contribution in [-0.4, -0.2) is 10.9 Å². The van der Waals surface area contributed by atoms with Gasteiger partial charge in [0.2, 0.25) is 0 Å². The lowest BCUT2D eigenvalue weighted by Crippen LogP contribution is -2.13. The molecule has 0 spiro atoms. The molecule has 0 aliphatic rings. The van der Waals surface area contributed by atoms with E-state index in [1.807, 2.05) is 30.3 Å². The summed E-state index contributed by atoms with van der Waals surface area (Å²) in [4.78, 5) is 15.5. The number of pyridine rings is 1. The molecule has 0 saturated heterocycles. The van der Waals surface area contributed by atoms with Gasteiger partial charge in [-0.1, -0.05) is 28.7 Å². The van der Waals surface area contributed by atoms with Gasteiger partial charge in [-0.25, -0.2) is 0 Å². The Morgan fingerprint density at radius 3 is 2.91 bits per heavy atom. The van der Waals surface area contributed by atoms with Gasteiger partial charge >= 0.3 is 0 Å². The summed E-state index contributed by atoms with van der Waals surface area (Å²) < 4.78 is 17.8. The molecule has 0 aliphatic heterocycles. The van der Waals surface area contributed by atoms with E-state index in [0.29, 0.717) is 12.4 Å². The molecule has 0 radical (unpaired) electrons. The summed E-state index contributed by atoms with van der Waals surface area (Å²) in [6, 6.07) is 16.1. The maximum atomic E-state index is 12.2. The molecular weight excluding hydrogens is 283 g/mol. The zero-order chi connectivity index (χ0) is 15.4. The first kappa shape index (κ1) is 14.0. The zero-order valence-corrected chi connectivity index (χ0v) is 11.6. The fourth-order valence-electron chi connectivity index (χ4n) is 2.15. The van der Waals surface area contributed by atoms with Crippen LogP contribution in [0.1, 0.15) is 15.9 Å². The topological polar surface area (TPSA) is 51.2 Å².